The maximum atomic E-state index is 12.6. The molecule has 1 N–H and O–H groups in total. The van der Waals surface area contributed by atoms with Crippen LogP contribution < -0.4 is 10.7 Å². The molecule has 6 nitrogen and oxygen atoms in total. The highest BCUT2D eigenvalue weighted by atomic mass is 16.5. The summed E-state index contributed by atoms with van der Waals surface area (Å²) in [6, 6.07) is 9.25. The molecule has 132 valence electrons. The summed E-state index contributed by atoms with van der Waals surface area (Å²) in [5, 5.41) is 3.82. The number of amides is 1. The highest BCUT2D eigenvalue weighted by Gasteiger charge is 2.55. The fourth-order valence-electron chi connectivity index (χ4n) is 4.27. The molecule has 2 aromatic rings. The number of likely N-dealkylation sites (N-methyl/N-ethyl adjacent to an activating group) is 1. The quantitative estimate of drug-likeness (QED) is 0.895. The second kappa shape index (κ2) is 6.28. The molecule has 0 spiro atoms. The van der Waals surface area contributed by atoms with Crippen LogP contribution in [0, 0.1) is 5.92 Å². The normalized spacial score (nSPS) is 28.0. The molecule has 0 radical (unpaired) electrons. The topological polar surface area (TPSA) is 63.6 Å². The minimum atomic E-state index is -0.0315. The van der Waals surface area contributed by atoms with Crippen LogP contribution in [0.4, 0.5) is 0 Å². The van der Waals surface area contributed by atoms with Crippen molar-refractivity contribution in [3.8, 4) is 0 Å². The predicted octanol–water partition coefficient (Wildman–Crippen LogP) is 0.835. The summed E-state index contributed by atoms with van der Waals surface area (Å²) in [4.78, 5) is 26.7. The predicted molar refractivity (Wildman–Crippen MR) is 95.5 cm³/mol. The number of hydrogen-bond donors (Lipinski definition) is 1. The molecular formula is C19H23N3O3. The summed E-state index contributed by atoms with van der Waals surface area (Å²) in [5.41, 5.74) is 0.759. The SMILES string of the molecule is CN(C)[C@@H]1[C@@H](NC(=O)Cn2ccc(=O)c3ccccc32)[C@H]2CCO[C@H]21. The molecule has 1 saturated heterocycles. The van der Waals surface area contributed by atoms with Crippen molar-refractivity contribution in [3.63, 3.8) is 0 Å². The molecule has 0 bridgehead atoms. The molecule has 1 amide bonds. The molecule has 1 saturated carbocycles. The Hall–Kier alpha value is -2.18. The summed E-state index contributed by atoms with van der Waals surface area (Å²) in [6.45, 7) is 0.978. The zero-order valence-electron chi connectivity index (χ0n) is 14.5. The fourth-order valence-corrected chi connectivity index (χ4v) is 4.27. The van der Waals surface area contributed by atoms with E-state index in [1.807, 2.05) is 36.9 Å². The van der Waals surface area contributed by atoms with E-state index in [1.165, 1.54) is 6.07 Å². The molecule has 6 heteroatoms. The largest absolute Gasteiger partial charge is 0.376 e. The third-order valence-corrected chi connectivity index (χ3v) is 5.47. The highest BCUT2D eigenvalue weighted by molar-refractivity contribution is 5.82. The molecule has 1 aliphatic carbocycles. The van der Waals surface area contributed by atoms with Crippen molar-refractivity contribution in [2.24, 2.45) is 5.92 Å². The second-order valence-electron chi connectivity index (χ2n) is 7.16. The lowest BCUT2D eigenvalue weighted by Gasteiger charge is -2.50. The van der Waals surface area contributed by atoms with Crippen molar-refractivity contribution in [1.82, 2.24) is 14.8 Å². The van der Waals surface area contributed by atoms with Crippen molar-refractivity contribution in [3.05, 3.63) is 46.8 Å². The molecule has 1 aromatic heterocycles. The van der Waals surface area contributed by atoms with Crippen molar-refractivity contribution in [2.75, 3.05) is 20.7 Å². The van der Waals surface area contributed by atoms with Gasteiger partial charge in [0.05, 0.1) is 23.7 Å². The van der Waals surface area contributed by atoms with E-state index < -0.39 is 0 Å². The van der Waals surface area contributed by atoms with E-state index in [0.29, 0.717) is 11.3 Å². The zero-order chi connectivity index (χ0) is 17.6. The first-order valence-electron chi connectivity index (χ1n) is 8.72. The van der Waals surface area contributed by atoms with E-state index in [2.05, 4.69) is 10.2 Å². The highest BCUT2D eigenvalue weighted by Crippen LogP contribution is 2.41. The van der Waals surface area contributed by atoms with E-state index >= 15 is 0 Å². The minimum absolute atomic E-state index is 0.0233. The molecular weight excluding hydrogens is 318 g/mol. The Balaban J connectivity index is 1.51. The molecule has 2 aliphatic rings. The van der Waals surface area contributed by atoms with Gasteiger partial charge >= 0.3 is 0 Å². The van der Waals surface area contributed by atoms with Crippen LogP contribution >= 0.6 is 0 Å². The first-order valence-corrected chi connectivity index (χ1v) is 8.72. The second-order valence-corrected chi connectivity index (χ2v) is 7.16. The molecule has 4 rings (SSSR count). The monoisotopic (exact) mass is 341 g/mol. The van der Waals surface area contributed by atoms with Gasteiger partial charge in [-0.15, -0.1) is 0 Å². The number of pyridine rings is 1. The lowest BCUT2D eigenvalue weighted by Crippen LogP contribution is -2.69. The molecule has 0 unspecified atom stereocenters. The number of benzene rings is 1. The van der Waals surface area contributed by atoms with Crippen LogP contribution in [0.25, 0.3) is 10.9 Å². The minimum Gasteiger partial charge on any atom is -0.376 e. The van der Waals surface area contributed by atoms with Gasteiger partial charge in [0.1, 0.15) is 6.54 Å². The van der Waals surface area contributed by atoms with Crippen LogP contribution in [0.5, 0.6) is 0 Å². The van der Waals surface area contributed by atoms with Crippen molar-refractivity contribution >= 4 is 16.8 Å². The Labute approximate surface area is 146 Å². The summed E-state index contributed by atoms with van der Waals surface area (Å²) in [7, 11) is 4.05. The van der Waals surface area contributed by atoms with E-state index in [-0.39, 0.29) is 36.1 Å². The molecule has 25 heavy (non-hydrogen) atoms. The van der Waals surface area contributed by atoms with Gasteiger partial charge < -0.3 is 19.5 Å². The van der Waals surface area contributed by atoms with Crippen LogP contribution in [0.3, 0.4) is 0 Å². The number of rotatable bonds is 4. The molecule has 1 aromatic carbocycles. The van der Waals surface area contributed by atoms with Gasteiger partial charge in [-0.25, -0.2) is 0 Å². The van der Waals surface area contributed by atoms with Crippen molar-refractivity contribution in [2.45, 2.75) is 31.2 Å². The standard InChI is InChI=1S/C19H23N3O3/c1-21(2)18-17(13-8-10-25-19(13)18)20-16(24)11-22-9-7-15(23)12-5-3-4-6-14(12)22/h3-7,9,13,17-19H,8,10-11H2,1-2H3,(H,20,24)/t13-,17+,18-,19-/m1/s1. The van der Waals surface area contributed by atoms with Gasteiger partial charge in [-0.1, -0.05) is 12.1 Å². The van der Waals surface area contributed by atoms with E-state index in [9.17, 15) is 9.59 Å². The van der Waals surface area contributed by atoms with Crippen LogP contribution in [0.15, 0.2) is 41.3 Å². The molecule has 4 atom stereocenters. The first-order chi connectivity index (χ1) is 12.1. The number of hydrogen-bond acceptors (Lipinski definition) is 4. The number of carbonyl (C=O) groups excluding carboxylic acids is 1. The van der Waals surface area contributed by atoms with Gasteiger partial charge in [-0.05, 0) is 32.6 Å². The van der Waals surface area contributed by atoms with Crippen LogP contribution in [-0.2, 0) is 16.1 Å². The Bertz CT molecular complexity index is 860. The van der Waals surface area contributed by atoms with Gasteiger partial charge in [0.25, 0.3) is 0 Å². The molecule has 1 aliphatic heterocycles. The maximum absolute atomic E-state index is 12.6. The van der Waals surface area contributed by atoms with Gasteiger partial charge in [-0.3, -0.25) is 9.59 Å². The Morgan fingerprint density at radius 1 is 1.32 bits per heavy atom. The van der Waals surface area contributed by atoms with E-state index in [1.54, 1.807) is 12.3 Å². The summed E-state index contributed by atoms with van der Waals surface area (Å²) < 4.78 is 7.63. The Kier molecular flexibility index (Phi) is 4.09. The summed E-state index contributed by atoms with van der Waals surface area (Å²) in [6.07, 6.45) is 2.92. The lowest BCUT2D eigenvalue weighted by molar-refractivity contribution is -0.128. The Morgan fingerprint density at radius 2 is 2.12 bits per heavy atom. The van der Waals surface area contributed by atoms with Crippen LogP contribution in [0.2, 0.25) is 0 Å². The number of carbonyl (C=O) groups is 1. The Morgan fingerprint density at radius 3 is 2.92 bits per heavy atom. The van der Waals surface area contributed by atoms with E-state index in [0.717, 1.165) is 18.5 Å². The van der Waals surface area contributed by atoms with Crippen LogP contribution in [-0.4, -0.2) is 54.3 Å². The van der Waals surface area contributed by atoms with Crippen molar-refractivity contribution in [1.29, 1.82) is 0 Å². The number of para-hydroxylation sites is 1. The summed E-state index contributed by atoms with van der Waals surface area (Å²) in [5.74, 6) is 0.373. The number of nitrogens with zero attached hydrogens (tertiary/aromatic N) is 2. The number of aromatic nitrogens is 1. The van der Waals surface area contributed by atoms with Crippen LogP contribution in [0.1, 0.15) is 6.42 Å². The number of nitrogens with one attached hydrogen (secondary N) is 1. The first kappa shape index (κ1) is 16.3. The molecule has 2 heterocycles. The third kappa shape index (κ3) is 2.75. The lowest BCUT2D eigenvalue weighted by atomic mass is 9.71. The van der Waals surface area contributed by atoms with E-state index in [4.69, 9.17) is 4.74 Å². The smallest absolute Gasteiger partial charge is 0.240 e. The van der Waals surface area contributed by atoms with Gasteiger partial charge in [-0.2, -0.15) is 0 Å². The zero-order valence-corrected chi connectivity index (χ0v) is 14.5. The maximum Gasteiger partial charge on any atom is 0.240 e. The summed E-state index contributed by atoms with van der Waals surface area (Å²) >= 11 is 0. The number of ether oxygens (including phenoxy) is 1. The average Bonchev–Trinajstić information content (AvgIpc) is 2.99. The van der Waals surface area contributed by atoms with Crippen molar-refractivity contribution < 1.29 is 9.53 Å². The third-order valence-electron chi connectivity index (χ3n) is 5.47. The number of fused-ring (bicyclic) bond motifs is 2. The molecule has 2 fully saturated rings. The van der Waals surface area contributed by atoms with Gasteiger partial charge in [0, 0.05) is 30.2 Å². The average molecular weight is 341 g/mol. The fraction of sp³-hybridized carbons (Fsp3) is 0.474. The van der Waals surface area contributed by atoms with Gasteiger partial charge in [0.15, 0.2) is 5.43 Å². The van der Waals surface area contributed by atoms with Gasteiger partial charge in [0.2, 0.25) is 5.91 Å².